The van der Waals surface area contributed by atoms with E-state index >= 15 is 0 Å². The van der Waals surface area contributed by atoms with E-state index in [0.717, 1.165) is 84.3 Å². The van der Waals surface area contributed by atoms with Crippen molar-refractivity contribution in [3.8, 4) is 22.8 Å². The highest BCUT2D eigenvalue weighted by Crippen LogP contribution is 2.43. The van der Waals surface area contributed by atoms with Crippen LogP contribution in [0.5, 0.6) is 0 Å². The van der Waals surface area contributed by atoms with Gasteiger partial charge in [0.05, 0.1) is 17.0 Å². The number of rotatable bonds is 4. The number of aromatic nitrogens is 3. The number of carbonyl (C=O) groups excluding carboxylic acids is 1. The van der Waals surface area contributed by atoms with Crippen molar-refractivity contribution >= 4 is 5.91 Å². The normalized spacial score (nSPS) is 17.7. The summed E-state index contributed by atoms with van der Waals surface area (Å²) >= 11 is 0. The van der Waals surface area contributed by atoms with E-state index in [1.54, 1.807) is 0 Å². The molecule has 0 bridgehead atoms. The minimum Gasteiger partial charge on any atom is -0.403 e. The number of amides is 1. The standard InChI is InChI=1S/C26H27N5O/c1-15(27)3-4-16-5-7-17(8-6-16)24-28-14-18-9-10-19-21-20(29-23(19)22(18)30-24)13-26(11-2-12-26)31-25(21)32/h5-8,14,29H,1-4,9-13,27H2,(H,31,32). The Kier molecular flexibility index (Phi) is 4.25. The predicted molar refractivity (Wildman–Crippen MR) is 124 cm³/mol. The van der Waals surface area contributed by atoms with Gasteiger partial charge in [-0.1, -0.05) is 30.8 Å². The lowest BCUT2D eigenvalue weighted by molar-refractivity contribution is 0.0793. The molecule has 6 nitrogen and oxygen atoms in total. The van der Waals surface area contributed by atoms with E-state index in [1.165, 1.54) is 12.0 Å². The SMILES string of the molecule is C=C(N)CCc1ccc(-c2ncc3c(n2)-c2[nH]c4c(c2CC3)C(=O)NC2(CCC2)C4)cc1. The van der Waals surface area contributed by atoms with Gasteiger partial charge in [-0.25, -0.2) is 9.97 Å². The Balaban J connectivity index is 1.35. The van der Waals surface area contributed by atoms with Crippen molar-refractivity contribution in [2.75, 3.05) is 0 Å². The molecule has 1 fully saturated rings. The minimum atomic E-state index is -0.0325. The molecule has 1 aliphatic heterocycles. The Hall–Kier alpha value is -3.41. The number of hydrogen-bond acceptors (Lipinski definition) is 4. The zero-order valence-electron chi connectivity index (χ0n) is 18.1. The fraction of sp³-hybridized carbons (Fsp3) is 0.346. The van der Waals surface area contributed by atoms with Gasteiger partial charge in [0.2, 0.25) is 0 Å². The highest BCUT2D eigenvalue weighted by molar-refractivity contribution is 6.01. The molecule has 0 radical (unpaired) electrons. The van der Waals surface area contributed by atoms with Gasteiger partial charge in [-0.15, -0.1) is 0 Å². The molecular weight excluding hydrogens is 398 g/mol. The van der Waals surface area contributed by atoms with E-state index in [1.807, 2.05) is 6.20 Å². The van der Waals surface area contributed by atoms with Gasteiger partial charge >= 0.3 is 0 Å². The second-order valence-electron chi connectivity index (χ2n) is 9.52. The number of aryl methyl sites for hydroxylation is 2. The molecule has 6 rings (SSSR count). The lowest BCUT2D eigenvalue weighted by Gasteiger charge is -2.45. The molecule has 0 atom stereocenters. The smallest absolute Gasteiger partial charge is 0.253 e. The lowest BCUT2D eigenvalue weighted by atomic mass is 9.71. The average Bonchev–Trinajstić information content (AvgIpc) is 3.16. The topological polar surface area (TPSA) is 96.7 Å². The van der Waals surface area contributed by atoms with Gasteiger partial charge in [-0.05, 0) is 61.6 Å². The largest absolute Gasteiger partial charge is 0.403 e. The number of allylic oxidation sites excluding steroid dienone is 1. The van der Waals surface area contributed by atoms with Gasteiger partial charge in [-0.2, -0.15) is 0 Å². The fourth-order valence-electron chi connectivity index (χ4n) is 5.38. The molecular formula is C26H27N5O. The maximum Gasteiger partial charge on any atom is 0.253 e. The van der Waals surface area contributed by atoms with Crippen LogP contribution in [0.15, 0.2) is 42.7 Å². The quantitative estimate of drug-likeness (QED) is 0.591. The summed E-state index contributed by atoms with van der Waals surface area (Å²) in [5, 5.41) is 3.30. The molecule has 1 saturated carbocycles. The van der Waals surface area contributed by atoms with Crippen LogP contribution in [0.1, 0.15) is 58.4 Å². The molecule has 3 aliphatic rings. The summed E-state index contributed by atoms with van der Waals surface area (Å²) < 4.78 is 0. The monoisotopic (exact) mass is 425 g/mol. The first-order chi connectivity index (χ1) is 15.5. The Labute approximate surface area is 187 Å². The van der Waals surface area contributed by atoms with E-state index in [4.69, 9.17) is 10.7 Å². The third kappa shape index (κ3) is 3.05. The van der Waals surface area contributed by atoms with Gasteiger partial charge in [0, 0.05) is 35.1 Å². The van der Waals surface area contributed by atoms with Crippen LogP contribution in [0.2, 0.25) is 0 Å². The molecule has 162 valence electrons. The molecule has 0 unspecified atom stereocenters. The minimum absolute atomic E-state index is 0.0325. The van der Waals surface area contributed by atoms with Crippen LogP contribution in [-0.4, -0.2) is 26.4 Å². The zero-order valence-corrected chi connectivity index (χ0v) is 18.1. The van der Waals surface area contributed by atoms with Crippen molar-refractivity contribution in [3.05, 3.63) is 70.7 Å². The van der Waals surface area contributed by atoms with Crippen molar-refractivity contribution in [2.24, 2.45) is 5.73 Å². The summed E-state index contributed by atoms with van der Waals surface area (Å²) in [6, 6.07) is 8.33. The first-order valence-corrected chi connectivity index (χ1v) is 11.5. The van der Waals surface area contributed by atoms with E-state index in [9.17, 15) is 4.79 Å². The number of hydrogen-bond donors (Lipinski definition) is 3. The molecule has 1 spiro atoms. The van der Waals surface area contributed by atoms with Crippen LogP contribution in [0.3, 0.4) is 0 Å². The van der Waals surface area contributed by atoms with Gasteiger partial charge in [0.25, 0.3) is 5.91 Å². The number of nitrogens with one attached hydrogen (secondary N) is 2. The van der Waals surface area contributed by atoms with Gasteiger partial charge in [0.15, 0.2) is 5.82 Å². The molecule has 2 aliphatic carbocycles. The second-order valence-corrected chi connectivity index (χ2v) is 9.52. The molecule has 3 aromatic rings. The highest BCUT2D eigenvalue weighted by atomic mass is 16.2. The summed E-state index contributed by atoms with van der Waals surface area (Å²) in [5.74, 6) is 0.788. The van der Waals surface area contributed by atoms with Gasteiger partial charge < -0.3 is 16.0 Å². The summed E-state index contributed by atoms with van der Waals surface area (Å²) in [7, 11) is 0. The highest BCUT2D eigenvalue weighted by Gasteiger charge is 2.45. The average molecular weight is 426 g/mol. The van der Waals surface area contributed by atoms with Crippen molar-refractivity contribution in [1.29, 1.82) is 0 Å². The molecule has 0 saturated heterocycles. The first-order valence-electron chi connectivity index (χ1n) is 11.5. The maximum absolute atomic E-state index is 13.0. The molecule has 1 aromatic carbocycles. The number of H-pyrrole nitrogens is 1. The van der Waals surface area contributed by atoms with E-state index in [-0.39, 0.29) is 11.4 Å². The van der Waals surface area contributed by atoms with Crippen molar-refractivity contribution in [3.63, 3.8) is 0 Å². The van der Waals surface area contributed by atoms with Crippen molar-refractivity contribution < 1.29 is 4.79 Å². The number of nitrogens with zero attached hydrogens (tertiary/aromatic N) is 2. The summed E-state index contributed by atoms with van der Waals surface area (Å²) in [6.45, 7) is 3.77. The Morgan fingerprint density at radius 3 is 2.72 bits per heavy atom. The fourth-order valence-corrected chi connectivity index (χ4v) is 5.38. The van der Waals surface area contributed by atoms with Crippen LogP contribution >= 0.6 is 0 Å². The van der Waals surface area contributed by atoms with E-state index in [0.29, 0.717) is 11.5 Å². The number of benzene rings is 1. The van der Waals surface area contributed by atoms with Crippen molar-refractivity contribution in [1.82, 2.24) is 20.3 Å². The molecule has 3 heterocycles. The van der Waals surface area contributed by atoms with Crippen LogP contribution < -0.4 is 11.1 Å². The number of carbonyl (C=O) groups is 1. The molecule has 1 amide bonds. The number of fused-ring (bicyclic) bond motifs is 5. The molecule has 4 N–H and O–H groups in total. The molecule has 6 heteroatoms. The summed E-state index contributed by atoms with van der Waals surface area (Å²) in [5.41, 5.74) is 14.7. The van der Waals surface area contributed by atoms with Gasteiger partial charge in [0.1, 0.15) is 0 Å². The number of aromatic amines is 1. The van der Waals surface area contributed by atoms with Gasteiger partial charge in [-0.3, -0.25) is 4.79 Å². The number of nitrogens with two attached hydrogens (primary N) is 1. The Morgan fingerprint density at radius 1 is 1.19 bits per heavy atom. The zero-order chi connectivity index (χ0) is 21.9. The predicted octanol–water partition coefficient (Wildman–Crippen LogP) is 3.85. The Morgan fingerprint density at radius 2 is 2.00 bits per heavy atom. The summed E-state index contributed by atoms with van der Waals surface area (Å²) in [6.07, 6.45) is 9.53. The van der Waals surface area contributed by atoms with Crippen LogP contribution in [0.4, 0.5) is 0 Å². The second kappa shape index (κ2) is 7.05. The van der Waals surface area contributed by atoms with E-state index in [2.05, 4.69) is 46.1 Å². The summed E-state index contributed by atoms with van der Waals surface area (Å²) in [4.78, 5) is 26.2. The third-order valence-corrected chi connectivity index (χ3v) is 7.31. The van der Waals surface area contributed by atoms with E-state index < -0.39 is 0 Å². The van der Waals surface area contributed by atoms with Crippen LogP contribution in [0, 0.1) is 0 Å². The molecule has 32 heavy (non-hydrogen) atoms. The maximum atomic E-state index is 13.0. The lowest BCUT2D eigenvalue weighted by Crippen LogP contribution is -2.57. The van der Waals surface area contributed by atoms with Crippen molar-refractivity contribution in [2.45, 2.75) is 56.9 Å². The molecule has 2 aromatic heterocycles. The first kappa shape index (κ1) is 19.3. The van der Waals surface area contributed by atoms with Crippen LogP contribution in [-0.2, 0) is 25.7 Å². The van der Waals surface area contributed by atoms with Crippen LogP contribution in [0.25, 0.3) is 22.8 Å². The Bertz CT molecular complexity index is 1250. The third-order valence-electron chi connectivity index (χ3n) is 7.31.